The van der Waals surface area contributed by atoms with Crippen molar-refractivity contribution in [3.8, 4) is 0 Å². The maximum absolute atomic E-state index is 13.7. The molecule has 0 unspecified atom stereocenters. The average Bonchev–Trinajstić information content (AvgIpc) is 3.20. The van der Waals surface area contributed by atoms with E-state index in [2.05, 4.69) is 57.5 Å². The van der Waals surface area contributed by atoms with Crippen molar-refractivity contribution in [2.75, 3.05) is 31.8 Å². The first-order chi connectivity index (χ1) is 18.8. The highest BCUT2D eigenvalue weighted by Gasteiger charge is 2.31. The summed E-state index contributed by atoms with van der Waals surface area (Å²) in [5, 5.41) is 11.0. The number of amides is 1. The van der Waals surface area contributed by atoms with Crippen LogP contribution in [-0.2, 0) is 11.3 Å². The topological polar surface area (TPSA) is 100 Å². The minimum atomic E-state index is -0.153. The van der Waals surface area contributed by atoms with Crippen molar-refractivity contribution >= 4 is 34.3 Å². The first kappa shape index (κ1) is 27.8. The number of benzene rings is 1. The molecule has 3 aromatic rings. The van der Waals surface area contributed by atoms with Crippen molar-refractivity contribution in [3.63, 3.8) is 0 Å². The van der Waals surface area contributed by atoms with Crippen LogP contribution in [0.15, 0.2) is 34.0 Å². The number of hydrogen-bond acceptors (Lipinski definition) is 6. The molecule has 0 bridgehead atoms. The lowest BCUT2D eigenvalue weighted by molar-refractivity contribution is -0.0130. The van der Waals surface area contributed by atoms with Gasteiger partial charge in [-0.25, -0.2) is 0 Å². The summed E-state index contributed by atoms with van der Waals surface area (Å²) in [6.07, 6.45) is 6.61. The van der Waals surface area contributed by atoms with Crippen molar-refractivity contribution in [1.82, 2.24) is 20.2 Å². The Kier molecular flexibility index (Phi) is 8.40. The van der Waals surface area contributed by atoms with E-state index in [4.69, 9.17) is 4.74 Å². The molecule has 8 nitrogen and oxygen atoms in total. The summed E-state index contributed by atoms with van der Waals surface area (Å²) in [5.41, 5.74) is 4.95. The third kappa shape index (κ3) is 5.62. The van der Waals surface area contributed by atoms with E-state index in [1.54, 1.807) is 0 Å². The molecule has 3 heterocycles. The first-order valence-electron chi connectivity index (χ1n) is 14.0. The Balaban J connectivity index is 1.40. The smallest absolute Gasteiger partial charge is 0.254 e. The van der Waals surface area contributed by atoms with Crippen LogP contribution in [0.2, 0.25) is 0 Å². The van der Waals surface area contributed by atoms with E-state index >= 15 is 0 Å². The number of carbonyl (C=O) groups is 1. The molecule has 1 aliphatic heterocycles. The fraction of sp³-hybridized carbons (Fsp3) is 0.533. The molecule has 2 fully saturated rings. The third-order valence-corrected chi connectivity index (χ3v) is 9.41. The van der Waals surface area contributed by atoms with Crippen LogP contribution in [0.3, 0.4) is 0 Å². The number of rotatable bonds is 9. The zero-order chi connectivity index (χ0) is 27.7. The van der Waals surface area contributed by atoms with Crippen LogP contribution in [0, 0.1) is 19.8 Å². The number of pyridine rings is 1. The lowest BCUT2D eigenvalue weighted by atomic mass is 9.81. The summed E-state index contributed by atoms with van der Waals surface area (Å²) in [7, 11) is 1.89. The number of hydrogen-bond donors (Lipinski definition) is 4. The van der Waals surface area contributed by atoms with Crippen LogP contribution in [-0.4, -0.2) is 54.1 Å². The van der Waals surface area contributed by atoms with Crippen LogP contribution in [0.4, 0.5) is 5.69 Å². The van der Waals surface area contributed by atoms with Crippen LogP contribution in [0.25, 0.3) is 10.9 Å². The van der Waals surface area contributed by atoms with Gasteiger partial charge in [-0.1, -0.05) is 0 Å². The van der Waals surface area contributed by atoms with Gasteiger partial charge in [-0.3, -0.25) is 9.59 Å². The van der Waals surface area contributed by atoms with Gasteiger partial charge in [0.1, 0.15) is 0 Å². The molecular formula is C30H41N5O3S. The Morgan fingerprint density at radius 1 is 1.15 bits per heavy atom. The standard InChI is InChI=1S/C30H41N5O3S/c1-17-12-27(39-5)25(29(36)33-17)14-32-30(37)28-19(3)35(26-11-10-22(31-4)13-24(26)28)18(2)20-6-8-21(9-7-20)34-23-15-38-16-23/h10-13,18,20-21,23,31,34H,6-9,14-16H2,1-5H3,(H,32,37)(H,33,36)/t18-,20?,21?/m1/s1. The number of nitrogens with one attached hydrogen (secondary N) is 4. The van der Waals surface area contributed by atoms with Gasteiger partial charge in [0.15, 0.2) is 0 Å². The molecule has 2 aromatic heterocycles. The van der Waals surface area contributed by atoms with Crippen molar-refractivity contribution in [3.05, 3.63) is 57.1 Å². The lowest BCUT2D eigenvalue weighted by Gasteiger charge is -2.37. The molecule has 1 saturated heterocycles. The van der Waals surface area contributed by atoms with Crippen molar-refractivity contribution in [2.24, 2.45) is 5.92 Å². The van der Waals surface area contributed by atoms with E-state index in [0.717, 1.165) is 58.9 Å². The quantitative estimate of drug-likeness (QED) is 0.287. The van der Waals surface area contributed by atoms with Crippen molar-refractivity contribution < 1.29 is 9.53 Å². The Bertz CT molecular complexity index is 1400. The van der Waals surface area contributed by atoms with Crippen LogP contribution in [0.1, 0.15) is 66.0 Å². The second-order valence-corrected chi connectivity index (χ2v) is 11.9. The molecule has 1 saturated carbocycles. The number of aryl methyl sites for hydroxylation is 1. The molecule has 1 aromatic carbocycles. The average molecular weight is 552 g/mol. The molecule has 1 aliphatic carbocycles. The Hall–Kier alpha value is -2.75. The number of nitrogens with zero attached hydrogens (tertiary/aromatic N) is 1. The first-order valence-corrected chi connectivity index (χ1v) is 15.2. The fourth-order valence-corrected chi connectivity index (χ4v) is 7.05. The van der Waals surface area contributed by atoms with Gasteiger partial charge in [0, 0.05) is 64.1 Å². The minimum Gasteiger partial charge on any atom is -0.388 e. The van der Waals surface area contributed by atoms with Crippen LogP contribution < -0.4 is 21.5 Å². The molecule has 39 heavy (non-hydrogen) atoms. The van der Waals surface area contributed by atoms with Gasteiger partial charge < -0.3 is 30.2 Å². The minimum absolute atomic E-state index is 0.153. The highest BCUT2D eigenvalue weighted by molar-refractivity contribution is 7.98. The predicted octanol–water partition coefficient (Wildman–Crippen LogP) is 4.75. The maximum Gasteiger partial charge on any atom is 0.254 e. The molecule has 5 rings (SSSR count). The van der Waals surface area contributed by atoms with Gasteiger partial charge in [-0.05, 0) is 82.9 Å². The number of fused-ring (bicyclic) bond motifs is 1. The van der Waals surface area contributed by atoms with E-state index in [-0.39, 0.29) is 24.1 Å². The van der Waals surface area contributed by atoms with Crippen molar-refractivity contribution in [1.29, 1.82) is 0 Å². The third-order valence-electron chi connectivity index (χ3n) is 8.61. The van der Waals surface area contributed by atoms with E-state index in [0.29, 0.717) is 29.1 Å². The van der Waals surface area contributed by atoms with Crippen LogP contribution in [0.5, 0.6) is 0 Å². The number of carbonyl (C=O) groups excluding carboxylic acids is 1. The Morgan fingerprint density at radius 2 is 1.90 bits per heavy atom. The number of thioether (sulfide) groups is 1. The summed E-state index contributed by atoms with van der Waals surface area (Å²) in [4.78, 5) is 30.2. The highest BCUT2D eigenvalue weighted by Crippen LogP contribution is 2.38. The summed E-state index contributed by atoms with van der Waals surface area (Å²) in [6.45, 7) is 8.08. The van der Waals surface area contributed by atoms with Gasteiger partial charge in [0.2, 0.25) is 0 Å². The SMILES string of the molecule is CNc1ccc2c(c1)c(C(=O)NCc1c(SC)cc(C)[nH]c1=O)c(C)n2[C@H](C)C1CCC(NC2COC2)CC1. The summed E-state index contributed by atoms with van der Waals surface area (Å²) >= 11 is 1.52. The van der Waals surface area contributed by atoms with Gasteiger partial charge in [-0.2, -0.15) is 0 Å². The van der Waals surface area contributed by atoms with Crippen LogP contribution >= 0.6 is 11.8 Å². The monoisotopic (exact) mass is 551 g/mol. The fourth-order valence-electron chi connectivity index (χ4n) is 6.35. The number of anilines is 1. The predicted molar refractivity (Wildman–Crippen MR) is 159 cm³/mol. The van der Waals surface area contributed by atoms with Crippen molar-refractivity contribution in [2.45, 2.75) is 76.0 Å². The van der Waals surface area contributed by atoms with E-state index in [9.17, 15) is 9.59 Å². The van der Waals surface area contributed by atoms with Gasteiger partial charge in [0.05, 0.1) is 24.8 Å². The Morgan fingerprint density at radius 3 is 2.54 bits per heavy atom. The van der Waals surface area contributed by atoms with E-state index < -0.39 is 0 Å². The summed E-state index contributed by atoms with van der Waals surface area (Å²) in [6, 6.07) is 9.58. The zero-order valence-electron chi connectivity index (χ0n) is 23.6. The van der Waals surface area contributed by atoms with Gasteiger partial charge >= 0.3 is 0 Å². The molecular weight excluding hydrogens is 510 g/mol. The highest BCUT2D eigenvalue weighted by atomic mass is 32.2. The molecule has 0 radical (unpaired) electrons. The zero-order valence-corrected chi connectivity index (χ0v) is 24.5. The number of aromatic nitrogens is 2. The number of ether oxygens (including phenoxy) is 1. The van der Waals surface area contributed by atoms with E-state index in [1.807, 2.05) is 26.3 Å². The normalized spacial score (nSPS) is 20.5. The molecule has 9 heteroatoms. The largest absolute Gasteiger partial charge is 0.388 e. The number of H-pyrrole nitrogens is 1. The number of aromatic amines is 1. The maximum atomic E-state index is 13.7. The molecule has 1 atom stereocenters. The molecule has 1 amide bonds. The Labute approximate surface area is 234 Å². The molecule has 0 spiro atoms. The second kappa shape index (κ2) is 11.8. The molecule has 4 N–H and O–H groups in total. The second-order valence-electron chi connectivity index (χ2n) is 11.1. The molecule has 210 valence electrons. The van der Waals surface area contributed by atoms with Gasteiger partial charge in [0.25, 0.3) is 11.5 Å². The lowest BCUT2D eigenvalue weighted by Crippen LogP contribution is -2.51. The molecule has 2 aliphatic rings. The van der Waals surface area contributed by atoms with Gasteiger partial charge in [-0.15, -0.1) is 11.8 Å². The summed E-state index contributed by atoms with van der Waals surface area (Å²) in [5.74, 6) is 0.393. The van der Waals surface area contributed by atoms with E-state index in [1.165, 1.54) is 24.6 Å². The summed E-state index contributed by atoms with van der Waals surface area (Å²) < 4.78 is 7.70.